The van der Waals surface area contributed by atoms with E-state index in [-0.39, 0.29) is 12.2 Å². The van der Waals surface area contributed by atoms with Crippen molar-refractivity contribution in [3.05, 3.63) is 18.2 Å². The van der Waals surface area contributed by atoms with Crippen LogP contribution in [0.4, 0.5) is 5.69 Å². The molecule has 0 amide bonds. The van der Waals surface area contributed by atoms with Crippen LogP contribution in [-0.4, -0.2) is 23.5 Å². The van der Waals surface area contributed by atoms with E-state index in [1.165, 1.54) is 24.9 Å². The predicted octanol–water partition coefficient (Wildman–Crippen LogP) is 2.71. The highest BCUT2D eigenvalue weighted by atomic mass is 32.2. The van der Waals surface area contributed by atoms with Gasteiger partial charge in [-0.25, -0.2) is 4.99 Å². The molecule has 1 N–H and O–H groups in total. The fourth-order valence-electron chi connectivity index (χ4n) is 1.12. The second-order valence-electron chi connectivity index (χ2n) is 2.90. The number of methoxy groups -OCH3 is 1. The summed E-state index contributed by atoms with van der Waals surface area (Å²) in [6.45, 7) is 0. The maximum absolute atomic E-state index is 9.54. The van der Waals surface area contributed by atoms with Crippen molar-refractivity contribution in [3.63, 3.8) is 0 Å². The van der Waals surface area contributed by atoms with Gasteiger partial charge in [-0.1, -0.05) is 0 Å². The van der Waals surface area contributed by atoms with Crippen LogP contribution in [0.3, 0.4) is 0 Å². The average Bonchev–Trinajstić information content (AvgIpc) is 2.28. The molecular weight excluding hydrogens is 224 g/mol. The number of phenolic OH excluding ortho intramolecular Hbond substituents is 1. The highest BCUT2D eigenvalue weighted by Gasteiger charge is 2.03. The Balaban J connectivity index is 2.97. The molecule has 16 heavy (non-hydrogen) atoms. The van der Waals surface area contributed by atoms with Gasteiger partial charge in [-0.15, -0.1) is 11.8 Å². The van der Waals surface area contributed by atoms with Crippen molar-refractivity contribution >= 4 is 22.5 Å². The van der Waals surface area contributed by atoms with E-state index in [0.717, 1.165) is 0 Å². The molecule has 0 saturated carbocycles. The summed E-state index contributed by atoms with van der Waals surface area (Å²) in [6, 6.07) is 6.91. The van der Waals surface area contributed by atoms with Crippen molar-refractivity contribution < 1.29 is 9.84 Å². The maximum Gasteiger partial charge on any atom is 0.160 e. The van der Waals surface area contributed by atoms with Crippen LogP contribution in [0.15, 0.2) is 23.2 Å². The lowest BCUT2D eigenvalue weighted by Crippen LogP contribution is -1.88. The minimum atomic E-state index is 0.0427. The Morgan fingerprint density at radius 1 is 1.62 bits per heavy atom. The molecule has 0 bridgehead atoms. The molecule has 0 saturated heterocycles. The fraction of sp³-hybridized carbons (Fsp3) is 0.273. The van der Waals surface area contributed by atoms with Gasteiger partial charge in [0.15, 0.2) is 11.5 Å². The van der Waals surface area contributed by atoms with Crippen LogP contribution >= 0.6 is 11.8 Å². The minimum Gasteiger partial charge on any atom is -0.504 e. The molecule has 1 aromatic rings. The Kier molecular flexibility index (Phi) is 4.67. The minimum absolute atomic E-state index is 0.0427. The van der Waals surface area contributed by atoms with Crippen molar-refractivity contribution in [2.75, 3.05) is 13.4 Å². The largest absolute Gasteiger partial charge is 0.504 e. The van der Waals surface area contributed by atoms with E-state index >= 15 is 0 Å². The Morgan fingerprint density at radius 3 is 2.88 bits per heavy atom. The number of phenols is 1. The van der Waals surface area contributed by atoms with Crippen LogP contribution in [-0.2, 0) is 0 Å². The Hall–Kier alpha value is -1.67. The summed E-state index contributed by atoms with van der Waals surface area (Å²) in [5.74, 6) is 0.450. The van der Waals surface area contributed by atoms with Crippen molar-refractivity contribution in [1.29, 1.82) is 5.26 Å². The van der Waals surface area contributed by atoms with E-state index in [1.807, 2.05) is 12.3 Å². The third-order valence-corrected chi connectivity index (χ3v) is 2.59. The number of rotatable bonds is 3. The first-order valence-electron chi connectivity index (χ1n) is 4.56. The molecule has 1 aromatic carbocycles. The van der Waals surface area contributed by atoms with E-state index in [2.05, 4.69) is 4.99 Å². The van der Waals surface area contributed by atoms with E-state index in [4.69, 9.17) is 10.00 Å². The Bertz CT molecular complexity index is 438. The maximum atomic E-state index is 9.54. The van der Waals surface area contributed by atoms with Crippen LogP contribution in [0.1, 0.15) is 6.42 Å². The number of aromatic hydroxyl groups is 1. The van der Waals surface area contributed by atoms with Gasteiger partial charge in [-0.2, -0.15) is 5.26 Å². The number of ether oxygens (including phenoxy) is 1. The normalized spacial score (nSPS) is 10.9. The molecule has 0 aromatic heterocycles. The smallest absolute Gasteiger partial charge is 0.160 e. The van der Waals surface area contributed by atoms with Crippen molar-refractivity contribution in [1.82, 2.24) is 0 Å². The Morgan fingerprint density at radius 2 is 2.38 bits per heavy atom. The molecule has 4 nitrogen and oxygen atoms in total. The molecule has 0 unspecified atom stereocenters. The number of benzene rings is 1. The van der Waals surface area contributed by atoms with Crippen molar-refractivity contribution in [2.24, 2.45) is 4.99 Å². The molecular formula is C11H12N2O2S. The monoisotopic (exact) mass is 236 g/mol. The summed E-state index contributed by atoms with van der Waals surface area (Å²) in [5.41, 5.74) is 0.609. The third-order valence-electron chi connectivity index (χ3n) is 1.88. The van der Waals surface area contributed by atoms with E-state index in [1.54, 1.807) is 12.1 Å². The molecule has 5 heteroatoms. The van der Waals surface area contributed by atoms with Crippen molar-refractivity contribution in [2.45, 2.75) is 6.42 Å². The molecule has 0 atom stereocenters. The first kappa shape index (κ1) is 12.4. The van der Waals surface area contributed by atoms with E-state index < -0.39 is 0 Å². The summed E-state index contributed by atoms with van der Waals surface area (Å²) < 4.78 is 4.92. The molecule has 1 rings (SSSR count). The molecule has 0 heterocycles. The summed E-state index contributed by atoms with van der Waals surface area (Å²) in [6.07, 6.45) is 2.13. The first-order chi connectivity index (χ1) is 7.71. The van der Waals surface area contributed by atoms with Gasteiger partial charge in [0.25, 0.3) is 0 Å². The lowest BCUT2D eigenvalue weighted by molar-refractivity contribution is 0.373. The Labute approximate surface area is 98.6 Å². The second kappa shape index (κ2) is 6.03. The van der Waals surface area contributed by atoms with Gasteiger partial charge in [0.05, 0.1) is 30.3 Å². The zero-order chi connectivity index (χ0) is 12.0. The second-order valence-corrected chi connectivity index (χ2v) is 3.78. The summed E-state index contributed by atoms with van der Waals surface area (Å²) in [7, 11) is 1.49. The standard InChI is InChI=1S/C11H12N2O2S/c1-15-10-4-3-8(7-9(10)14)13-11(16-2)5-6-12/h3-4,7,14H,5H2,1-2H3. The highest BCUT2D eigenvalue weighted by Crippen LogP contribution is 2.30. The quantitative estimate of drug-likeness (QED) is 0.647. The van der Waals surface area contributed by atoms with Crippen molar-refractivity contribution in [3.8, 4) is 17.6 Å². The van der Waals surface area contributed by atoms with Crippen LogP contribution in [0.25, 0.3) is 0 Å². The molecule has 84 valence electrons. The van der Waals surface area contributed by atoms with E-state index in [0.29, 0.717) is 16.5 Å². The predicted molar refractivity (Wildman–Crippen MR) is 65.5 cm³/mol. The SMILES string of the molecule is COc1ccc(N=C(CC#N)SC)cc1O. The van der Waals surface area contributed by atoms with Gasteiger partial charge >= 0.3 is 0 Å². The molecule has 0 spiro atoms. The summed E-state index contributed by atoms with van der Waals surface area (Å²) >= 11 is 1.42. The van der Waals surface area contributed by atoms with Gasteiger partial charge in [-0.05, 0) is 18.4 Å². The summed E-state index contributed by atoms with van der Waals surface area (Å²) in [4.78, 5) is 4.24. The highest BCUT2D eigenvalue weighted by molar-refractivity contribution is 8.13. The van der Waals surface area contributed by atoms with Crippen LogP contribution in [0.5, 0.6) is 11.5 Å². The molecule has 0 aliphatic carbocycles. The van der Waals surface area contributed by atoms with Gasteiger partial charge in [0.2, 0.25) is 0 Å². The number of hydrogen-bond donors (Lipinski definition) is 1. The average molecular weight is 236 g/mol. The molecule has 0 fully saturated rings. The van der Waals surface area contributed by atoms with Crippen LogP contribution in [0.2, 0.25) is 0 Å². The fourth-order valence-corrected chi connectivity index (χ4v) is 1.52. The number of hydrogen-bond acceptors (Lipinski definition) is 5. The summed E-state index contributed by atoms with van der Waals surface area (Å²) in [5, 5.41) is 18.8. The molecule has 0 radical (unpaired) electrons. The number of nitrogens with zero attached hydrogens (tertiary/aromatic N) is 2. The lowest BCUT2D eigenvalue weighted by Gasteiger charge is -2.04. The first-order valence-corrected chi connectivity index (χ1v) is 5.79. The van der Waals surface area contributed by atoms with Gasteiger partial charge < -0.3 is 9.84 Å². The third kappa shape index (κ3) is 3.17. The topological polar surface area (TPSA) is 65.6 Å². The number of thioether (sulfide) groups is 1. The van der Waals surface area contributed by atoms with Crippen LogP contribution < -0.4 is 4.74 Å². The number of nitriles is 1. The van der Waals surface area contributed by atoms with Crippen LogP contribution in [0, 0.1) is 11.3 Å². The number of aliphatic imine (C=N–C) groups is 1. The zero-order valence-electron chi connectivity index (χ0n) is 9.10. The van der Waals surface area contributed by atoms with Gasteiger partial charge in [0.1, 0.15) is 0 Å². The zero-order valence-corrected chi connectivity index (χ0v) is 9.91. The van der Waals surface area contributed by atoms with Gasteiger partial charge in [0, 0.05) is 6.07 Å². The molecule has 0 aliphatic heterocycles. The van der Waals surface area contributed by atoms with Gasteiger partial charge in [-0.3, -0.25) is 0 Å². The molecule has 0 aliphatic rings. The lowest BCUT2D eigenvalue weighted by atomic mass is 10.3. The van der Waals surface area contributed by atoms with E-state index in [9.17, 15) is 5.11 Å².